The Balaban J connectivity index is 1.75. The minimum atomic E-state index is -0.0147. The number of aromatic nitrogens is 2. The number of hydrogen-bond donors (Lipinski definition) is 0. The maximum Gasteiger partial charge on any atom is 0.254 e. The number of ether oxygens (including phenoxy) is 2. The third-order valence-corrected chi connectivity index (χ3v) is 5.54. The summed E-state index contributed by atoms with van der Waals surface area (Å²) < 4.78 is 11.4. The van der Waals surface area contributed by atoms with Crippen LogP contribution in [0.25, 0.3) is 0 Å². The van der Waals surface area contributed by atoms with Gasteiger partial charge in [0.1, 0.15) is 0 Å². The van der Waals surface area contributed by atoms with Gasteiger partial charge in [-0.3, -0.25) is 14.8 Å². The average Bonchev–Trinajstić information content (AvgIpc) is 2.87. The lowest BCUT2D eigenvalue weighted by Crippen LogP contribution is -2.34. The lowest BCUT2D eigenvalue weighted by atomic mass is 10.1. The van der Waals surface area contributed by atoms with E-state index < -0.39 is 0 Å². The van der Waals surface area contributed by atoms with Crippen LogP contribution in [0, 0.1) is 0 Å². The van der Waals surface area contributed by atoms with Crippen LogP contribution in [0.2, 0.25) is 0 Å². The number of rotatable bonds is 13. The highest BCUT2D eigenvalue weighted by molar-refractivity contribution is 5.95. The van der Waals surface area contributed by atoms with E-state index in [-0.39, 0.29) is 5.91 Å². The van der Waals surface area contributed by atoms with Crippen LogP contribution in [0.1, 0.15) is 47.7 Å². The van der Waals surface area contributed by atoms with E-state index in [2.05, 4.69) is 16.9 Å². The molecule has 174 valence electrons. The van der Waals surface area contributed by atoms with Crippen molar-refractivity contribution < 1.29 is 14.3 Å². The first-order valence-corrected chi connectivity index (χ1v) is 11.6. The zero-order chi connectivity index (χ0) is 23.3. The van der Waals surface area contributed by atoms with Gasteiger partial charge in [0.2, 0.25) is 0 Å². The molecule has 0 radical (unpaired) electrons. The van der Waals surface area contributed by atoms with Crippen molar-refractivity contribution in [3.63, 3.8) is 0 Å². The molecule has 33 heavy (non-hydrogen) atoms. The number of carbonyl (C=O) groups is 1. The van der Waals surface area contributed by atoms with E-state index in [0.29, 0.717) is 36.8 Å². The molecular formula is C27H33N3O3. The predicted molar refractivity (Wildman–Crippen MR) is 130 cm³/mol. The van der Waals surface area contributed by atoms with E-state index in [1.807, 2.05) is 41.3 Å². The van der Waals surface area contributed by atoms with Crippen molar-refractivity contribution in [1.29, 1.82) is 0 Å². The van der Waals surface area contributed by atoms with E-state index in [4.69, 9.17) is 9.47 Å². The number of methoxy groups -OCH3 is 1. The van der Waals surface area contributed by atoms with Gasteiger partial charge in [-0.2, -0.15) is 0 Å². The second kappa shape index (κ2) is 13.2. The number of pyridine rings is 2. The maximum absolute atomic E-state index is 13.5. The van der Waals surface area contributed by atoms with Crippen LogP contribution in [0.5, 0.6) is 11.5 Å². The first-order chi connectivity index (χ1) is 16.2. The SMILES string of the molecule is CCCCCOc1cc(C(=O)N(CCc2ccncc2)CCc2ccncc2)ccc1OC. The summed E-state index contributed by atoms with van der Waals surface area (Å²) >= 11 is 0. The molecule has 3 aromatic rings. The number of amides is 1. The third-order valence-electron chi connectivity index (χ3n) is 5.54. The smallest absolute Gasteiger partial charge is 0.254 e. The Kier molecular flexibility index (Phi) is 9.70. The van der Waals surface area contributed by atoms with Gasteiger partial charge >= 0.3 is 0 Å². The van der Waals surface area contributed by atoms with Crippen molar-refractivity contribution in [3.8, 4) is 11.5 Å². The quantitative estimate of drug-likeness (QED) is 0.346. The molecule has 6 heteroatoms. The molecule has 0 atom stereocenters. The maximum atomic E-state index is 13.5. The average molecular weight is 448 g/mol. The molecule has 3 rings (SSSR count). The number of nitrogens with zero attached hydrogens (tertiary/aromatic N) is 3. The fourth-order valence-corrected chi connectivity index (χ4v) is 3.58. The largest absolute Gasteiger partial charge is 0.493 e. The molecule has 0 N–H and O–H groups in total. The predicted octanol–water partition coefficient (Wildman–Crippen LogP) is 4.98. The Morgan fingerprint density at radius 2 is 1.45 bits per heavy atom. The molecule has 0 unspecified atom stereocenters. The number of carbonyl (C=O) groups excluding carboxylic acids is 1. The minimum absolute atomic E-state index is 0.0147. The van der Waals surface area contributed by atoms with E-state index in [9.17, 15) is 4.79 Å². The van der Waals surface area contributed by atoms with Gasteiger partial charge in [-0.05, 0) is 72.9 Å². The van der Waals surface area contributed by atoms with Crippen LogP contribution in [0.15, 0.2) is 67.3 Å². The highest BCUT2D eigenvalue weighted by Crippen LogP contribution is 2.29. The van der Waals surface area contributed by atoms with Gasteiger partial charge in [-0.1, -0.05) is 19.8 Å². The van der Waals surface area contributed by atoms with Crippen molar-refractivity contribution in [2.24, 2.45) is 0 Å². The second-order valence-corrected chi connectivity index (χ2v) is 7.92. The van der Waals surface area contributed by atoms with E-state index in [0.717, 1.165) is 43.2 Å². The molecular weight excluding hydrogens is 414 g/mol. The molecule has 2 heterocycles. The van der Waals surface area contributed by atoms with Gasteiger partial charge in [0.25, 0.3) is 5.91 Å². The Morgan fingerprint density at radius 1 is 0.848 bits per heavy atom. The summed E-state index contributed by atoms with van der Waals surface area (Å²) in [5, 5.41) is 0. The molecule has 0 aliphatic heterocycles. The molecule has 0 fully saturated rings. The molecule has 0 spiro atoms. The molecule has 0 aliphatic carbocycles. The lowest BCUT2D eigenvalue weighted by Gasteiger charge is -2.23. The number of hydrogen-bond acceptors (Lipinski definition) is 5. The molecule has 1 amide bonds. The Hall–Kier alpha value is -3.41. The Labute approximate surface area is 196 Å². The Morgan fingerprint density at radius 3 is 2.00 bits per heavy atom. The summed E-state index contributed by atoms with van der Waals surface area (Å²) in [6.07, 6.45) is 11.9. The molecule has 2 aromatic heterocycles. The van der Waals surface area contributed by atoms with Crippen molar-refractivity contribution in [3.05, 3.63) is 83.9 Å². The first-order valence-electron chi connectivity index (χ1n) is 11.6. The fourth-order valence-electron chi connectivity index (χ4n) is 3.58. The van der Waals surface area contributed by atoms with Gasteiger partial charge in [-0.25, -0.2) is 0 Å². The van der Waals surface area contributed by atoms with Crippen LogP contribution in [0.4, 0.5) is 0 Å². The fraction of sp³-hybridized carbons (Fsp3) is 0.370. The normalized spacial score (nSPS) is 10.6. The zero-order valence-corrected chi connectivity index (χ0v) is 19.6. The molecule has 0 bridgehead atoms. The van der Waals surface area contributed by atoms with Crippen LogP contribution in [0.3, 0.4) is 0 Å². The van der Waals surface area contributed by atoms with Gasteiger partial charge in [0.05, 0.1) is 13.7 Å². The summed E-state index contributed by atoms with van der Waals surface area (Å²) in [5.74, 6) is 1.24. The molecule has 0 aliphatic rings. The monoisotopic (exact) mass is 447 g/mol. The second-order valence-electron chi connectivity index (χ2n) is 7.92. The zero-order valence-electron chi connectivity index (χ0n) is 19.6. The minimum Gasteiger partial charge on any atom is -0.493 e. The highest BCUT2D eigenvalue weighted by atomic mass is 16.5. The lowest BCUT2D eigenvalue weighted by molar-refractivity contribution is 0.0758. The van der Waals surface area contributed by atoms with Crippen LogP contribution >= 0.6 is 0 Å². The van der Waals surface area contributed by atoms with Crippen molar-refractivity contribution >= 4 is 5.91 Å². The summed E-state index contributed by atoms with van der Waals surface area (Å²) in [5.41, 5.74) is 2.91. The molecule has 0 saturated carbocycles. The van der Waals surface area contributed by atoms with Crippen molar-refractivity contribution in [2.75, 3.05) is 26.8 Å². The summed E-state index contributed by atoms with van der Waals surface area (Å²) in [6.45, 7) is 4.00. The molecule has 6 nitrogen and oxygen atoms in total. The van der Waals surface area contributed by atoms with E-state index >= 15 is 0 Å². The summed E-state index contributed by atoms with van der Waals surface area (Å²) in [6, 6.07) is 13.4. The van der Waals surface area contributed by atoms with Crippen molar-refractivity contribution in [1.82, 2.24) is 14.9 Å². The topological polar surface area (TPSA) is 64.5 Å². The summed E-state index contributed by atoms with van der Waals surface area (Å²) in [7, 11) is 1.62. The standard InChI is InChI=1S/C27H33N3O3/c1-3-4-5-20-33-26-21-24(6-7-25(26)32-2)27(31)30(18-12-22-8-14-28-15-9-22)19-13-23-10-16-29-17-11-23/h6-11,14-17,21H,3-5,12-13,18-20H2,1-2H3. The van der Waals surface area contributed by atoms with Crippen molar-refractivity contribution in [2.45, 2.75) is 39.0 Å². The van der Waals surface area contributed by atoms with E-state index in [1.165, 1.54) is 0 Å². The molecule has 1 aromatic carbocycles. The Bertz CT molecular complexity index is 937. The van der Waals surface area contributed by atoms with Crippen LogP contribution < -0.4 is 9.47 Å². The number of benzene rings is 1. The molecule has 0 saturated heterocycles. The van der Waals surface area contributed by atoms with Crippen LogP contribution in [-0.2, 0) is 12.8 Å². The van der Waals surface area contributed by atoms with Gasteiger partial charge in [-0.15, -0.1) is 0 Å². The van der Waals surface area contributed by atoms with Gasteiger partial charge in [0.15, 0.2) is 11.5 Å². The first kappa shape index (κ1) is 24.2. The highest BCUT2D eigenvalue weighted by Gasteiger charge is 2.18. The van der Waals surface area contributed by atoms with Gasteiger partial charge in [0, 0.05) is 43.4 Å². The number of unbranched alkanes of at least 4 members (excludes halogenated alkanes) is 2. The van der Waals surface area contributed by atoms with Crippen LogP contribution in [-0.4, -0.2) is 47.6 Å². The van der Waals surface area contributed by atoms with E-state index in [1.54, 1.807) is 38.0 Å². The third kappa shape index (κ3) is 7.59. The van der Waals surface area contributed by atoms with Gasteiger partial charge < -0.3 is 14.4 Å². The summed E-state index contributed by atoms with van der Waals surface area (Å²) in [4.78, 5) is 23.6.